The molecule has 7 nitrogen and oxygen atoms in total. The van der Waals surface area contributed by atoms with Crippen molar-refractivity contribution in [3.05, 3.63) is 11.7 Å². The van der Waals surface area contributed by atoms with E-state index in [9.17, 15) is 9.59 Å². The molecule has 1 atom stereocenters. The van der Waals surface area contributed by atoms with Gasteiger partial charge in [-0.1, -0.05) is 5.16 Å². The van der Waals surface area contributed by atoms with Crippen molar-refractivity contribution in [1.29, 1.82) is 0 Å². The van der Waals surface area contributed by atoms with Crippen LogP contribution in [0, 0.1) is 42.4 Å². The number of amides is 1. The molecular weight excluding hydrogens is 358 g/mol. The molecule has 4 bridgehead atoms. The lowest BCUT2D eigenvalue weighted by molar-refractivity contribution is -0.157. The number of aromatic nitrogens is 2. The maximum absolute atomic E-state index is 12.8. The van der Waals surface area contributed by atoms with Gasteiger partial charge in [0.1, 0.15) is 0 Å². The van der Waals surface area contributed by atoms with Gasteiger partial charge in [-0.15, -0.1) is 0 Å². The highest BCUT2D eigenvalue weighted by Crippen LogP contribution is 2.58. The predicted octanol–water partition coefficient (Wildman–Crippen LogP) is 2.68. The number of ether oxygens (including phenoxy) is 1. The van der Waals surface area contributed by atoms with Crippen molar-refractivity contribution in [1.82, 2.24) is 15.5 Å². The number of carbonyl (C=O) groups excluding carboxylic acids is 2. The SMILES string of the molecule is CCOC(=O)[C@H](CNC(=O)CCc1nc(C)no1)C1C2CC3CC(C2)CC1C3. The Kier molecular flexibility index (Phi) is 5.69. The van der Waals surface area contributed by atoms with Gasteiger partial charge in [0.15, 0.2) is 5.82 Å². The Morgan fingerprint density at radius 2 is 1.86 bits per heavy atom. The topological polar surface area (TPSA) is 94.3 Å². The number of carbonyl (C=O) groups is 2. The standard InChI is InChI=1S/C21H31N3O4/c1-3-27-21(26)17(11-22-18(25)4-5-19-23-12(2)24-28-19)20-15-7-13-6-14(9-15)10-16(20)8-13/h13-17,20H,3-11H2,1-2H3,(H,22,25)/t13?,14?,15?,16?,17-,20?/m1/s1. The van der Waals surface area contributed by atoms with E-state index in [1.807, 2.05) is 6.92 Å². The normalized spacial score (nSPS) is 31.6. The predicted molar refractivity (Wildman–Crippen MR) is 101 cm³/mol. The van der Waals surface area contributed by atoms with Crippen LogP contribution in [0.15, 0.2) is 4.52 Å². The van der Waals surface area contributed by atoms with Gasteiger partial charge in [-0.05, 0) is 75.5 Å². The number of rotatable bonds is 8. The third-order valence-electron chi connectivity index (χ3n) is 7.01. The maximum Gasteiger partial charge on any atom is 0.311 e. The van der Waals surface area contributed by atoms with Crippen molar-refractivity contribution in [3.8, 4) is 0 Å². The number of esters is 1. The van der Waals surface area contributed by atoms with Gasteiger partial charge < -0.3 is 14.6 Å². The number of nitrogens with zero attached hydrogens (tertiary/aromatic N) is 2. The van der Waals surface area contributed by atoms with Crippen LogP contribution >= 0.6 is 0 Å². The zero-order valence-corrected chi connectivity index (χ0v) is 16.9. The van der Waals surface area contributed by atoms with Crippen LogP contribution in [0.1, 0.15) is 57.2 Å². The van der Waals surface area contributed by atoms with Crippen molar-refractivity contribution in [2.75, 3.05) is 13.2 Å². The Hall–Kier alpha value is -1.92. The zero-order valence-electron chi connectivity index (χ0n) is 16.9. The highest BCUT2D eigenvalue weighted by molar-refractivity contribution is 5.78. The first-order chi connectivity index (χ1) is 13.5. The molecule has 4 fully saturated rings. The molecule has 5 rings (SSSR count). The third kappa shape index (κ3) is 4.08. The molecule has 4 aliphatic carbocycles. The summed E-state index contributed by atoms with van der Waals surface area (Å²) < 4.78 is 10.5. The summed E-state index contributed by atoms with van der Waals surface area (Å²) in [5.74, 6) is 3.86. The van der Waals surface area contributed by atoms with Gasteiger partial charge in [-0.2, -0.15) is 4.98 Å². The summed E-state index contributed by atoms with van der Waals surface area (Å²) in [6.45, 7) is 4.35. The van der Waals surface area contributed by atoms with Gasteiger partial charge in [-0.25, -0.2) is 0 Å². The van der Waals surface area contributed by atoms with Crippen LogP contribution in [0.4, 0.5) is 0 Å². The van der Waals surface area contributed by atoms with Gasteiger partial charge in [-0.3, -0.25) is 9.59 Å². The molecule has 0 radical (unpaired) electrons. The van der Waals surface area contributed by atoms with E-state index in [1.165, 1.54) is 32.1 Å². The van der Waals surface area contributed by atoms with E-state index in [4.69, 9.17) is 9.26 Å². The molecule has 4 saturated carbocycles. The number of hydrogen-bond acceptors (Lipinski definition) is 6. The molecule has 1 heterocycles. The Labute approximate surface area is 166 Å². The summed E-state index contributed by atoms with van der Waals surface area (Å²) in [4.78, 5) is 29.2. The molecule has 1 N–H and O–H groups in total. The van der Waals surface area contributed by atoms with Crippen molar-refractivity contribution < 1.29 is 18.8 Å². The minimum atomic E-state index is -0.232. The average Bonchev–Trinajstić information content (AvgIpc) is 3.07. The van der Waals surface area contributed by atoms with Crippen LogP contribution < -0.4 is 5.32 Å². The summed E-state index contributed by atoms with van der Waals surface area (Å²) in [6.07, 6.45) is 7.06. The number of nitrogens with one attached hydrogen (secondary N) is 1. The van der Waals surface area contributed by atoms with Crippen LogP contribution in [-0.2, 0) is 20.7 Å². The van der Waals surface area contributed by atoms with E-state index >= 15 is 0 Å². The second kappa shape index (κ2) is 8.21. The van der Waals surface area contributed by atoms with E-state index in [1.54, 1.807) is 6.92 Å². The lowest BCUT2D eigenvalue weighted by Gasteiger charge is -2.56. The largest absolute Gasteiger partial charge is 0.466 e. The van der Waals surface area contributed by atoms with E-state index in [-0.39, 0.29) is 24.2 Å². The molecule has 1 amide bonds. The molecule has 4 aliphatic rings. The highest BCUT2D eigenvalue weighted by atomic mass is 16.5. The van der Waals surface area contributed by atoms with Crippen LogP contribution in [-0.4, -0.2) is 35.2 Å². The quantitative estimate of drug-likeness (QED) is 0.687. The van der Waals surface area contributed by atoms with Crippen molar-refractivity contribution in [2.24, 2.45) is 35.5 Å². The van der Waals surface area contributed by atoms with E-state index in [2.05, 4.69) is 15.5 Å². The summed E-state index contributed by atoms with van der Waals surface area (Å²) in [6, 6.07) is 0. The van der Waals surface area contributed by atoms with E-state index in [0.717, 1.165) is 11.8 Å². The maximum atomic E-state index is 12.8. The van der Waals surface area contributed by atoms with E-state index < -0.39 is 0 Å². The van der Waals surface area contributed by atoms with Crippen molar-refractivity contribution in [2.45, 2.75) is 58.8 Å². The molecular formula is C21H31N3O4. The average molecular weight is 389 g/mol. The smallest absolute Gasteiger partial charge is 0.311 e. The van der Waals surface area contributed by atoms with Gasteiger partial charge in [0.2, 0.25) is 11.8 Å². The molecule has 0 spiro atoms. The van der Waals surface area contributed by atoms with Gasteiger partial charge >= 0.3 is 5.97 Å². The summed E-state index contributed by atoms with van der Waals surface area (Å²) in [5, 5.41) is 6.72. The second-order valence-corrected chi connectivity index (χ2v) is 8.91. The molecule has 1 aromatic rings. The fraction of sp³-hybridized carbons (Fsp3) is 0.810. The monoisotopic (exact) mass is 389 g/mol. The summed E-state index contributed by atoms with van der Waals surface area (Å²) in [5.41, 5.74) is 0. The fourth-order valence-electron chi connectivity index (χ4n) is 6.22. The first-order valence-electron chi connectivity index (χ1n) is 10.8. The minimum Gasteiger partial charge on any atom is -0.466 e. The van der Waals surface area contributed by atoms with Gasteiger partial charge in [0, 0.05) is 19.4 Å². The fourth-order valence-corrected chi connectivity index (χ4v) is 6.22. The minimum absolute atomic E-state index is 0.0889. The van der Waals surface area contributed by atoms with Crippen molar-refractivity contribution >= 4 is 11.9 Å². The third-order valence-corrected chi connectivity index (χ3v) is 7.01. The first kappa shape index (κ1) is 19.4. The summed E-state index contributed by atoms with van der Waals surface area (Å²) >= 11 is 0. The number of aryl methyl sites for hydroxylation is 2. The molecule has 0 aliphatic heterocycles. The molecule has 0 aromatic carbocycles. The Bertz CT molecular complexity index is 688. The molecule has 1 aromatic heterocycles. The summed E-state index contributed by atoms with van der Waals surface area (Å²) in [7, 11) is 0. The Morgan fingerprint density at radius 1 is 1.18 bits per heavy atom. The molecule has 7 heteroatoms. The van der Waals surface area contributed by atoms with Crippen LogP contribution in [0.3, 0.4) is 0 Å². The molecule has 28 heavy (non-hydrogen) atoms. The number of hydrogen-bond donors (Lipinski definition) is 1. The van der Waals surface area contributed by atoms with Crippen molar-refractivity contribution in [3.63, 3.8) is 0 Å². The second-order valence-electron chi connectivity index (χ2n) is 8.91. The Morgan fingerprint density at radius 3 is 2.43 bits per heavy atom. The lowest BCUT2D eigenvalue weighted by atomic mass is 9.49. The highest BCUT2D eigenvalue weighted by Gasteiger charge is 2.52. The molecule has 154 valence electrons. The van der Waals surface area contributed by atoms with Gasteiger partial charge in [0.25, 0.3) is 0 Å². The van der Waals surface area contributed by atoms with Crippen LogP contribution in [0.5, 0.6) is 0 Å². The molecule has 0 saturated heterocycles. The van der Waals surface area contributed by atoms with Gasteiger partial charge in [0.05, 0.1) is 12.5 Å². The van der Waals surface area contributed by atoms with Crippen LogP contribution in [0.2, 0.25) is 0 Å². The first-order valence-corrected chi connectivity index (χ1v) is 10.8. The Balaban J connectivity index is 1.36. The van der Waals surface area contributed by atoms with E-state index in [0.29, 0.717) is 49.0 Å². The zero-order chi connectivity index (χ0) is 19.7. The van der Waals surface area contributed by atoms with Crippen LogP contribution in [0.25, 0.3) is 0 Å². The molecule has 0 unspecified atom stereocenters. The lowest BCUT2D eigenvalue weighted by Crippen LogP contribution is -2.51.